The summed E-state index contributed by atoms with van der Waals surface area (Å²) < 4.78 is 0. The van der Waals surface area contributed by atoms with Crippen LogP contribution in [0.2, 0.25) is 5.02 Å². The third-order valence-electron chi connectivity index (χ3n) is 3.02. The van der Waals surface area contributed by atoms with Crippen molar-refractivity contribution in [2.45, 2.75) is 37.5 Å². The predicted molar refractivity (Wildman–Crippen MR) is 76.8 cm³/mol. The fourth-order valence-corrected chi connectivity index (χ4v) is 3.67. The number of nitrogen functional groups attached to an aromatic ring is 1. The zero-order chi connectivity index (χ0) is 12.3. The smallest absolute Gasteiger partial charge is 0.145 e. The molecule has 0 aromatic carbocycles. The Labute approximate surface area is 112 Å². The van der Waals surface area contributed by atoms with Crippen LogP contribution < -0.4 is 11.1 Å². The molecule has 1 fully saturated rings. The minimum Gasteiger partial charge on any atom is -0.397 e. The largest absolute Gasteiger partial charge is 0.397 e. The first-order valence-corrected chi connectivity index (χ1v) is 7.42. The normalized spacial score (nSPS) is 23.9. The quantitative estimate of drug-likeness (QED) is 0.881. The van der Waals surface area contributed by atoms with E-state index in [1.807, 2.05) is 11.8 Å². The number of hydrogen-bond donors (Lipinski definition) is 2. The van der Waals surface area contributed by atoms with E-state index in [1.54, 1.807) is 12.3 Å². The van der Waals surface area contributed by atoms with E-state index in [4.69, 9.17) is 17.3 Å². The zero-order valence-electron chi connectivity index (χ0n) is 9.95. The molecular formula is C12H18ClN3S. The lowest BCUT2D eigenvalue weighted by Crippen LogP contribution is -2.26. The summed E-state index contributed by atoms with van der Waals surface area (Å²) in [5, 5.41) is 4.74. The van der Waals surface area contributed by atoms with Crippen molar-refractivity contribution in [2.24, 2.45) is 0 Å². The van der Waals surface area contributed by atoms with Gasteiger partial charge in [0.2, 0.25) is 0 Å². The molecule has 0 radical (unpaired) electrons. The fraction of sp³-hybridized carbons (Fsp3) is 0.583. The summed E-state index contributed by atoms with van der Waals surface area (Å²) in [6.45, 7) is 2.20. The summed E-state index contributed by atoms with van der Waals surface area (Å²) in [7, 11) is 0. The van der Waals surface area contributed by atoms with E-state index < -0.39 is 0 Å². The van der Waals surface area contributed by atoms with Crippen molar-refractivity contribution in [3.05, 3.63) is 17.3 Å². The maximum Gasteiger partial charge on any atom is 0.145 e. The van der Waals surface area contributed by atoms with Crippen LogP contribution in [0.15, 0.2) is 12.3 Å². The number of rotatable bonds is 4. The molecule has 1 saturated carbocycles. The Morgan fingerprint density at radius 3 is 3.12 bits per heavy atom. The van der Waals surface area contributed by atoms with Gasteiger partial charge in [-0.25, -0.2) is 4.98 Å². The lowest BCUT2D eigenvalue weighted by atomic mass is 10.2. The van der Waals surface area contributed by atoms with E-state index in [0.717, 1.165) is 11.6 Å². The minimum atomic E-state index is 0.480. The first-order chi connectivity index (χ1) is 8.20. The molecule has 0 saturated heterocycles. The first-order valence-electron chi connectivity index (χ1n) is 6.00. The van der Waals surface area contributed by atoms with Gasteiger partial charge in [-0.1, -0.05) is 24.9 Å². The number of nitrogens with zero attached hydrogens (tertiary/aromatic N) is 1. The summed E-state index contributed by atoms with van der Waals surface area (Å²) in [6, 6.07) is 2.22. The average molecular weight is 272 g/mol. The zero-order valence-corrected chi connectivity index (χ0v) is 11.5. The summed E-state index contributed by atoms with van der Waals surface area (Å²) in [6.07, 6.45) is 5.40. The van der Waals surface area contributed by atoms with E-state index in [1.165, 1.54) is 19.3 Å². The van der Waals surface area contributed by atoms with Gasteiger partial charge in [0.25, 0.3) is 0 Å². The highest BCUT2D eigenvalue weighted by Gasteiger charge is 2.27. The van der Waals surface area contributed by atoms with Crippen LogP contribution in [0.4, 0.5) is 11.5 Å². The van der Waals surface area contributed by atoms with Crippen LogP contribution in [0, 0.1) is 0 Å². The number of aromatic nitrogens is 1. The van der Waals surface area contributed by atoms with Gasteiger partial charge in [0.15, 0.2) is 0 Å². The number of nitrogens with one attached hydrogen (secondary N) is 1. The van der Waals surface area contributed by atoms with Gasteiger partial charge >= 0.3 is 0 Å². The molecule has 0 spiro atoms. The van der Waals surface area contributed by atoms with E-state index in [2.05, 4.69) is 17.2 Å². The van der Waals surface area contributed by atoms with Gasteiger partial charge in [-0.15, -0.1) is 0 Å². The predicted octanol–water partition coefficient (Wildman–Crippen LogP) is 3.40. The fourth-order valence-electron chi connectivity index (χ4n) is 2.24. The third-order valence-corrected chi connectivity index (χ3v) is 4.63. The van der Waals surface area contributed by atoms with Crippen molar-refractivity contribution in [1.29, 1.82) is 0 Å². The molecule has 3 N–H and O–H groups in total. The maximum atomic E-state index is 6.12. The number of pyridine rings is 1. The number of thioether (sulfide) groups is 1. The molecule has 1 heterocycles. The Kier molecular flexibility index (Phi) is 4.40. The highest BCUT2D eigenvalue weighted by molar-refractivity contribution is 7.99. The Hall–Kier alpha value is -0.610. The maximum absolute atomic E-state index is 6.12. The van der Waals surface area contributed by atoms with Gasteiger partial charge in [-0.05, 0) is 24.7 Å². The molecule has 3 nitrogen and oxygen atoms in total. The van der Waals surface area contributed by atoms with Gasteiger partial charge in [0.1, 0.15) is 5.82 Å². The third kappa shape index (κ3) is 3.19. The number of nitrogens with two attached hydrogens (primary N) is 1. The van der Waals surface area contributed by atoms with Crippen LogP contribution in [-0.4, -0.2) is 22.0 Å². The number of halogens is 1. The van der Waals surface area contributed by atoms with E-state index in [9.17, 15) is 0 Å². The Morgan fingerprint density at radius 1 is 1.59 bits per heavy atom. The lowest BCUT2D eigenvalue weighted by molar-refractivity contribution is 0.763. The average Bonchev–Trinajstić information content (AvgIpc) is 2.71. The monoisotopic (exact) mass is 271 g/mol. The van der Waals surface area contributed by atoms with Crippen LogP contribution >= 0.6 is 23.4 Å². The summed E-state index contributed by atoms with van der Waals surface area (Å²) >= 11 is 8.14. The van der Waals surface area contributed by atoms with Crippen molar-refractivity contribution >= 4 is 34.9 Å². The first kappa shape index (κ1) is 12.8. The van der Waals surface area contributed by atoms with Crippen LogP contribution in [0.3, 0.4) is 0 Å². The van der Waals surface area contributed by atoms with Crippen molar-refractivity contribution in [3.63, 3.8) is 0 Å². The molecule has 1 aromatic rings. The second-order valence-corrected chi connectivity index (χ2v) is 6.20. The Balaban J connectivity index is 2.04. The molecule has 0 amide bonds. The Morgan fingerprint density at radius 2 is 2.41 bits per heavy atom. The van der Waals surface area contributed by atoms with Crippen LogP contribution in [0.5, 0.6) is 0 Å². The van der Waals surface area contributed by atoms with Crippen LogP contribution in [-0.2, 0) is 0 Å². The van der Waals surface area contributed by atoms with E-state index >= 15 is 0 Å². The van der Waals surface area contributed by atoms with Gasteiger partial charge < -0.3 is 11.1 Å². The molecule has 1 aromatic heterocycles. The minimum absolute atomic E-state index is 0.480. The molecular weight excluding hydrogens is 254 g/mol. The summed E-state index contributed by atoms with van der Waals surface area (Å²) in [5.74, 6) is 1.92. The van der Waals surface area contributed by atoms with Gasteiger partial charge in [-0.3, -0.25) is 0 Å². The van der Waals surface area contributed by atoms with Crippen molar-refractivity contribution in [1.82, 2.24) is 4.98 Å². The molecule has 17 heavy (non-hydrogen) atoms. The second-order valence-electron chi connectivity index (χ2n) is 4.27. The van der Waals surface area contributed by atoms with Gasteiger partial charge in [0, 0.05) is 11.3 Å². The van der Waals surface area contributed by atoms with E-state index in [-0.39, 0.29) is 0 Å². The molecule has 2 unspecified atom stereocenters. The molecule has 2 atom stereocenters. The van der Waals surface area contributed by atoms with Gasteiger partial charge in [0.05, 0.1) is 16.9 Å². The molecule has 94 valence electrons. The van der Waals surface area contributed by atoms with Crippen molar-refractivity contribution in [2.75, 3.05) is 16.8 Å². The lowest BCUT2D eigenvalue weighted by Gasteiger charge is -2.21. The SMILES string of the molecule is CCSC1CCCC1Nc1ncc(N)cc1Cl. The van der Waals surface area contributed by atoms with E-state index in [0.29, 0.717) is 22.0 Å². The molecule has 5 heteroatoms. The highest BCUT2D eigenvalue weighted by Crippen LogP contribution is 2.33. The Bertz CT molecular complexity index is 386. The second kappa shape index (κ2) is 5.83. The molecule has 1 aliphatic carbocycles. The molecule has 2 rings (SSSR count). The van der Waals surface area contributed by atoms with Crippen LogP contribution in [0.25, 0.3) is 0 Å². The van der Waals surface area contributed by atoms with Crippen LogP contribution in [0.1, 0.15) is 26.2 Å². The molecule has 0 bridgehead atoms. The molecule has 1 aliphatic rings. The summed E-state index contributed by atoms with van der Waals surface area (Å²) in [5.41, 5.74) is 6.24. The van der Waals surface area contributed by atoms with Gasteiger partial charge in [-0.2, -0.15) is 11.8 Å². The standard InChI is InChI=1S/C12H18ClN3S/c1-2-17-11-5-3-4-10(11)16-12-9(13)6-8(14)7-15-12/h6-7,10-11H,2-5,14H2,1H3,(H,15,16). The summed E-state index contributed by atoms with van der Waals surface area (Å²) in [4.78, 5) is 4.26. The van der Waals surface area contributed by atoms with Crippen molar-refractivity contribution < 1.29 is 0 Å². The highest BCUT2D eigenvalue weighted by atomic mass is 35.5. The number of anilines is 2. The van der Waals surface area contributed by atoms with Crippen molar-refractivity contribution in [3.8, 4) is 0 Å². The number of hydrogen-bond acceptors (Lipinski definition) is 4. The topological polar surface area (TPSA) is 50.9 Å². The molecule has 0 aliphatic heterocycles.